The van der Waals surface area contributed by atoms with Crippen LogP contribution in [0.1, 0.15) is 27.0 Å². The number of nitrogen functional groups attached to an aromatic ring is 1. The molecule has 1 saturated heterocycles. The van der Waals surface area contributed by atoms with Gasteiger partial charge in [0.05, 0.1) is 12.9 Å². The summed E-state index contributed by atoms with van der Waals surface area (Å²) in [6.45, 7) is 10.9. The maximum absolute atomic E-state index is 10.5. The molecule has 0 amide bonds. The quantitative estimate of drug-likeness (QED) is 0.670. The van der Waals surface area contributed by atoms with Crippen LogP contribution in [0.2, 0.25) is 18.1 Å². The van der Waals surface area contributed by atoms with Crippen LogP contribution in [0.5, 0.6) is 0 Å². The molecule has 1 aliphatic rings. The first-order valence-corrected chi connectivity index (χ1v) is 11.5. The zero-order valence-electron chi connectivity index (χ0n) is 15.7. The lowest BCUT2D eigenvalue weighted by Crippen LogP contribution is -2.44. The van der Waals surface area contributed by atoms with Crippen molar-refractivity contribution in [3.05, 3.63) is 12.7 Å². The van der Waals surface area contributed by atoms with Crippen molar-refractivity contribution in [3.63, 3.8) is 0 Å². The summed E-state index contributed by atoms with van der Waals surface area (Å²) in [5.41, 5.74) is 6.67. The first kappa shape index (κ1) is 19.2. The van der Waals surface area contributed by atoms with Crippen molar-refractivity contribution in [1.82, 2.24) is 19.5 Å². The van der Waals surface area contributed by atoms with E-state index in [2.05, 4.69) is 48.8 Å². The Morgan fingerprint density at radius 3 is 2.58 bits per heavy atom. The molecule has 4 atom stereocenters. The van der Waals surface area contributed by atoms with Gasteiger partial charge in [-0.15, -0.1) is 0 Å². The van der Waals surface area contributed by atoms with Crippen molar-refractivity contribution < 1.29 is 19.4 Å². The molecule has 1 fully saturated rings. The van der Waals surface area contributed by atoms with Gasteiger partial charge in [0.2, 0.25) is 0 Å². The summed E-state index contributed by atoms with van der Waals surface area (Å²) in [4.78, 5) is 12.2. The largest absolute Gasteiger partial charge is 0.414 e. The second-order valence-electron chi connectivity index (χ2n) is 8.20. The van der Waals surface area contributed by atoms with E-state index in [-0.39, 0.29) is 17.5 Å². The van der Waals surface area contributed by atoms with Gasteiger partial charge in [-0.25, -0.2) is 15.0 Å². The molecule has 2 aromatic rings. The van der Waals surface area contributed by atoms with Gasteiger partial charge in [-0.2, -0.15) is 0 Å². The van der Waals surface area contributed by atoms with Gasteiger partial charge in [0.1, 0.15) is 30.2 Å². The molecule has 0 spiro atoms. The number of aliphatic hydroxyl groups is 2. The smallest absolute Gasteiger partial charge is 0.192 e. The molecule has 0 radical (unpaired) electrons. The molecule has 3 rings (SSSR count). The van der Waals surface area contributed by atoms with E-state index < -0.39 is 32.9 Å². The Morgan fingerprint density at radius 1 is 1.23 bits per heavy atom. The number of imidazole rings is 1. The number of anilines is 1. The normalized spacial score (nSPS) is 27.3. The van der Waals surface area contributed by atoms with Crippen LogP contribution >= 0.6 is 0 Å². The van der Waals surface area contributed by atoms with E-state index in [4.69, 9.17) is 14.9 Å². The number of nitrogens with zero attached hydrogens (tertiary/aromatic N) is 4. The lowest BCUT2D eigenvalue weighted by Gasteiger charge is -2.37. The van der Waals surface area contributed by atoms with Crippen LogP contribution in [0.25, 0.3) is 11.2 Å². The van der Waals surface area contributed by atoms with Crippen LogP contribution in [0.4, 0.5) is 5.82 Å². The molecular weight excluding hydrogens is 354 g/mol. The third kappa shape index (κ3) is 3.23. The summed E-state index contributed by atoms with van der Waals surface area (Å²) in [6.07, 6.45) is -0.852. The Morgan fingerprint density at radius 2 is 1.92 bits per heavy atom. The molecule has 0 unspecified atom stereocenters. The summed E-state index contributed by atoms with van der Waals surface area (Å²) in [7, 11) is -1.99. The van der Waals surface area contributed by atoms with Crippen LogP contribution in [-0.2, 0) is 9.16 Å². The van der Waals surface area contributed by atoms with Crippen molar-refractivity contribution in [2.24, 2.45) is 0 Å². The highest BCUT2D eigenvalue weighted by atomic mass is 28.4. The first-order valence-electron chi connectivity index (χ1n) is 8.61. The second kappa shape index (κ2) is 6.53. The van der Waals surface area contributed by atoms with E-state index >= 15 is 0 Å². The lowest BCUT2D eigenvalue weighted by molar-refractivity contribution is -0.0491. The minimum Gasteiger partial charge on any atom is -0.414 e. The minimum atomic E-state index is -1.99. The molecule has 10 heteroatoms. The molecule has 0 bridgehead atoms. The van der Waals surface area contributed by atoms with Crippen molar-refractivity contribution in [2.75, 3.05) is 12.3 Å². The Balaban J connectivity index is 1.78. The summed E-state index contributed by atoms with van der Waals surface area (Å²) in [5.74, 6) is 0.250. The highest BCUT2D eigenvalue weighted by Gasteiger charge is 2.46. The standard InChI is InChI=1S/C16H27N5O4Si/c1-16(2,3)26(4,5)24-6-9-11(22)12(23)15(25-9)21-8-20-10-13(17)18-7-19-14(10)21/h7-9,11-12,15,22-23H,6H2,1-5H3,(H2,17,18,19)/t9-,11+,12+,15-/m0/s1. The monoisotopic (exact) mass is 381 g/mol. The highest BCUT2D eigenvalue weighted by molar-refractivity contribution is 6.74. The minimum absolute atomic E-state index is 0.0452. The maximum atomic E-state index is 10.5. The number of ether oxygens (including phenoxy) is 1. The summed E-state index contributed by atoms with van der Waals surface area (Å²) in [5, 5.41) is 20.9. The molecule has 4 N–H and O–H groups in total. The van der Waals surface area contributed by atoms with E-state index in [1.807, 2.05) is 0 Å². The van der Waals surface area contributed by atoms with Crippen LogP contribution in [-0.4, -0.2) is 63.0 Å². The van der Waals surface area contributed by atoms with Crippen molar-refractivity contribution in [2.45, 2.75) is 63.4 Å². The van der Waals surface area contributed by atoms with Gasteiger partial charge < -0.3 is 25.1 Å². The van der Waals surface area contributed by atoms with E-state index in [9.17, 15) is 10.2 Å². The fourth-order valence-electron chi connectivity index (χ4n) is 2.66. The van der Waals surface area contributed by atoms with E-state index in [1.165, 1.54) is 12.7 Å². The third-order valence-electron chi connectivity index (χ3n) is 5.41. The number of aromatic nitrogens is 4. The fourth-order valence-corrected chi connectivity index (χ4v) is 3.67. The number of aliphatic hydroxyl groups excluding tert-OH is 2. The van der Waals surface area contributed by atoms with Crippen LogP contribution in [0, 0.1) is 0 Å². The van der Waals surface area contributed by atoms with Crippen molar-refractivity contribution in [3.8, 4) is 0 Å². The zero-order valence-corrected chi connectivity index (χ0v) is 16.7. The fraction of sp³-hybridized carbons (Fsp3) is 0.688. The molecule has 3 heterocycles. The molecule has 9 nitrogen and oxygen atoms in total. The Kier molecular flexibility index (Phi) is 4.82. The number of nitrogens with two attached hydrogens (primary N) is 1. The predicted octanol–water partition coefficient (Wildman–Crippen LogP) is 1.05. The molecular formula is C16H27N5O4Si. The Labute approximate surface area is 153 Å². The third-order valence-corrected chi connectivity index (χ3v) is 9.91. The predicted molar refractivity (Wildman–Crippen MR) is 98.8 cm³/mol. The van der Waals surface area contributed by atoms with Crippen LogP contribution < -0.4 is 5.73 Å². The van der Waals surface area contributed by atoms with Gasteiger partial charge in [-0.1, -0.05) is 20.8 Å². The molecule has 0 aromatic carbocycles. The van der Waals surface area contributed by atoms with Gasteiger partial charge in [0, 0.05) is 0 Å². The molecule has 0 saturated carbocycles. The number of hydrogen-bond donors (Lipinski definition) is 3. The first-order chi connectivity index (χ1) is 12.0. The highest BCUT2D eigenvalue weighted by Crippen LogP contribution is 2.38. The number of fused-ring (bicyclic) bond motifs is 1. The topological polar surface area (TPSA) is 129 Å². The van der Waals surface area contributed by atoms with Gasteiger partial charge in [-0.3, -0.25) is 4.57 Å². The molecule has 1 aliphatic heterocycles. The van der Waals surface area contributed by atoms with E-state index in [1.54, 1.807) is 4.57 Å². The Bertz CT molecular complexity index is 791. The van der Waals surface area contributed by atoms with Crippen molar-refractivity contribution >= 4 is 25.3 Å². The van der Waals surface area contributed by atoms with Crippen LogP contribution in [0.15, 0.2) is 12.7 Å². The summed E-state index contributed by atoms with van der Waals surface area (Å²) >= 11 is 0. The molecule has 2 aromatic heterocycles. The average molecular weight is 382 g/mol. The SMILES string of the molecule is CC(C)(C)[Si](C)(C)OC[C@@H]1O[C@H](n2cnc3c(N)ncnc32)[C@H](O)[C@@H]1O. The molecule has 26 heavy (non-hydrogen) atoms. The number of hydrogen-bond acceptors (Lipinski definition) is 8. The summed E-state index contributed by atoms with van der Waals surface area (Å²) < 4.78 is 13.6. The van der Waals surface area contributed by atoms with Gasteiger partial charge in [0.25, 0.3) is 0 Å². The molecule has 0 aliphatic carbocycles. The van der Waals surface area contributed by atoms with Crippen LogP contribution in [0.3, 0.4) is 0 Å². The lowest BCUT2D eigenvalue weighted by atomic mass is 10.1. The van der Waals surface area contributed by atoms with Gasteiger partial charge >= 0.3 is 0 Å². The number of rotatable bonds is 4. The van der Waals surface area contributed by atoms with Gasteiger partial charge in [0.15, 0.2) is 26.0 Å². The maximum Gasteiger partial charge on any atom is 0.192 e. The van der Waals surface area contributed by atoms with Crippen molar-refractivity contribution in [1.29, 1.82) is 0 Å². The Hall–Kier alpha value is -1.59. The van der Waals surface area contributed by atoms with E-state index in [0.29, 0.717) is 11.2 Å². The van der Waals surface area contributed by atoms with E-state index in [0.717, 1.165) is 0 Å². The second-order valence-corrected chi connectivity index (χ2v) is 13.0. The summed E-state index contributed by atoms with van der Waals surface area (Å²) in [6, 6.07) is 0. The average Bonchev–Trinajstić information content (AvgIpc) is 3.08. The van der Waals surface area contributed by atoms with Gasteiger partial charge in [-0.05, 0) is 18.1 Å². The molecule has 144 valence electrons. The zero-order chi connectivity index (χ0) is 19.3.